The number of ether oxygens (including phenoxy) is 1. The van der Waals surface area contributed by atoms with Crippen LogP contribution in [0.4, 0.5) is 0 Å². The molecule has 20 heavy (non-hydrogen) atoms. The lowest BCUT2D eigenvalue weighted by atomic mass is 9.88. The minimum Gasteiger partial charge on any atom is -0.494 e. The van der Waals surface area contributed by atoms with Crippen molar-refractivity contribution in [2.24, 2.45) is 5.41 Å². The standard InChI is InChI=1S/C19H32O/c1-5-6-7-8-9-10-15-20-18-13-11-17(12-14-18)16-19(2,3)4/h11-14H,5-10,15-16H2,1-4H3. The Morgan fingerprint density at radius 2 is 1.45 bits per heavy atom. The Kier molecular flexibility index (Phi) is 7.72. The molecule has 1 aromatic rings. The Morgan fingerprint density at radius 1 is 0.850 bits per heavy atom. The van der Waals surface area contributed by atoms with Crippen LogP contribution in [-0.2, 0) is 6.42 Å². The van der Waals surface area contributed by atoms with Crippen LogP contribution < -0.4 is 4.74 Å². The van der Waals surface area contributed by atoms with E-state index in [2.05, 4.69) is 52.0 Å². The fourth-order valence-corrected chi connectivity index (χ4v) is 2.39. The van der Waals surface area contributed by atoms with Crippen molar-refractivity contribution in [2.75, 3.05) is 6.61 Å². The van der Waals surface area contributed by atoms with Crippen LogP contribution in [0.25, 0.3) is 0 Å². The molecular formula is C19H32O. The predicted molar refractivity (Wildman–Crippen MR) is 88.5 cm³/mol. The summed E-state index contributed by atoms with van der Waals surface area (Å²) < 4.78 is 5.80. The summed E-state index contributed by atoms with van der Waals surface area (Å²) in [7, 11) is 0. The van der Waals surface area contributed by atoms with Gasteiger partial charge >= 0.3 is 0 Å². The summed E-state index contributed by atoms with van der Waals surface area (Å²) in [4.78, 5) is 0. The number of benzene rings is 1. The van der Waals surface area contributed by atoms with E-state index in [9.17, 15) is 0 Å². The minimum absolute atomic E-state index is 0.348. The molecule has 0 heterocycles. The van der Waals surface area contributed by atoms with E-state index in [1.807, 2.05) is 0 Å². The van der Waals surface area contributed by atoms with Crippen LogP contribution in [-0.4, -0.2) is 6.61 Å². The highest BCUT2D eigenvalue weighted by molar-refractivity contribution is 5.27. The maximum absolute atomic E-state index is 5.80. The van der Waals surface area contributed by atoms with E-state index >= 15 is 0 Å². The van der Waals surface area contributed by atoms with Crippen molar-refractivity contribution in [3.05, 3.63) is 29.8 Å². The summed E-state index contributed by atoms with van der Waals surface area (Å²) in [6.07, 6.45) is 8.99. The van der Waals surface area contributed by atoms with Crippen LogP contribution in [0.15, 0.2) is 24.3 Å². The third kappa shape index (κ3) is 8.24. The number of unbranched alkanes of at least 4 members (excludes halogenated alkanes) is 5. The molecule has 0 aliphatic heterocycles. The minimum atomic E-state index is 0.348. The molecule has 0 aliphatic carbocycles. The molecule has 0 N–H and O–H groups in total. The fraction of sp³-hybridized carbons (Fsp3) is 0.684. The molecule has 1 heteroatoms. The van der Waals surface area contributed by atoms with Crippen molar-refractivity contribution in [1.82, 2.24) is 0 Å². The molecule has 0 saturated carbocycles. The van der Waals surface area contributed by atoms with Crippen molar-refractivity contribution < 1.29 is 4.74 Å². The van der Waals surface area contributed by atoms with E-state index in [1.165, 1.54) is 44.1 Å². The third-order valence-electron chi connectivity index (χ3n) is 3.42. The second kappa shape index (κ2) is 9.05. The first-order valence-electron chi connectivity index (χ1n) is 8.23. The van der Waals surface area contributed by atoms with Gasteiger partial charge in [-0.3, -0.25) is 0 Å². The Hall–Kier alpha value is -0.980. The summed E-state index contributed by atoms with van der Waals surface area (Å²) in [5, 5.41) is 0. The van der Waals surface area contributed by atoms with Gasteiger partial charge in [-0.2, -0.15) is 0 Å². The molecule has 0 fully saturated rings. The van der Waals surface area contributed by atoms with Crippen LogP contribution >= 0.6 is 0 Å². The Labute approximate surface area is 125 Å². The molecule has 0 saturated heterocycles. The zero-order chi connectivity index (χ0) is 14.8. The summed E-state index contributed by atoms with van der Waals surface area (Å²) in [6, 6.07) is 8.61. The van der Waals surface area contributed by atoms with Crippen molar-refractivity contribution in [1.29, 1.82) is 0 Å². The Bertz CT molecular complexity index is 345. The smallest absolute Gasteiger partial charge is 0.119 e. The molecule has 1 rings (SSSR count). The molecule has 1 nitrogen and oxygen atoms in total. The maximum atomic E-state index is 5.80. The van der Waals surface area contributed by atoms with Crippen LogP contribution in [0.2, 0.25) is 0 Å². The topological polar surface area (TPSA) is 9.23 Å². The van der Waals surface area contributed by atoms with Crippen molar-refractivity contribution >= 4 is 0 Å². The zero-order valence-electron chi connectivity index (χ0n) is 13.9. The Morgan fingerprint density at radius 3 is 2.05 bits per heavy atom. The van der Waals surface area contributed by atoms with Crippen molar-refractivity contribution in [3.63, 3.8) is 0 Å². The second-order valence-electron chi connectivity index (χ2n) is 7.00. The van der Waals surface area contributed by atoms with E-state index in [-0.39, 0.29) is 0 Å². The van der Waals surface area contributed by atoms with Crippen molar-refractivity contribution in [3.8, 4) is 5.75 Å². The van der Waals surface area contributed by atoms with Gasteiger partial charge in [-0.15, -0.1) is 0 Å². The van der Waals surface area contributed by atoms with E-state index in [1.54, 1.807) is 0 Å². The normalized spacial score (nSPS) is 11.6. The molecule has 0 spiro atoms. The highest BCUT2D eigenvalue weighted by atomic mass is 16.5. The van der Waals surface area contributed by atoms with E-state index in [0.717, 1.165) is 18.8 Å². The lowest BCUT2D eigenvalue weighted by Crippen LogP contribution is -2.08. The van der Waals surface area contributed by atoms with Crippen molar-refractivity contribution in [2.45, 2.75) is 72.6 Å². The monoisotopic (exact) mass is 276 g/mol. The van der Waals surface area contributed by atoms with Gasteiger partial charge in [-0.1, -0.05) is 71.9 Å². The lowest BCUT2D eigenvalue weighted by Gasteiger charge is -2.18. The number of hydrogen-bond donors (Lipinski definition) is 0. The molecule has 0 radical (unpaired) electrons. The van der Waals surface area contributed by atoms with E-state index in [0.29, 0.717) is 5.41 Å². The second-order valence-corrected chi connectivity index (χ2v) is 7.00. The molecule has 0 atom stereocenters. The number of rotatable bonds is 9. The van der Waals surface area contributed by atoms with Gasteiger partial charge in [0.1, 0.15) is 5.75 Å². The average Bonchev–Trinajstić information content (AvgIpc) is 2.38. The first-order valence-corrected chi connectivity index (χ1v) is 8.23. The quantitative estimate of drug-likeness (QED) is 0.501. The largest absolute Gasteiger partial charge is 0.494 e. The highest BCUT2D eigenvalue weighted by Crippen LogP contribution is 2.22. The summed E-state index contributed by atoms with van der Waals surface area (Å²) in [6.45, 7) is 9.93. The van der Waals surface area contributed by atoms with Crippen LogP contribution in [0.5, 0.6) is 5.75 Å². The lowest BCUT2D eigenvalue weighted by molar-refractivity contribution is 0.304. The average molecular weight is 276 g/mol. The molecule has 0 amide bonds. The van der Waals surface area contributed by atoms with Gasteiger partial charge in [0.05, 0.1) is 6.61 Å². The van der Waals surface area contributed by atoms with E-state index < -0.39 is 0 Å². The van der Waals surface area contributed by atoms with Gasteiger partial charge in [0, 0.05) is 0 Å². The van der Waals surface area contributed by atoms with Crippen LogP contribution in [0.1, 0.15) is 71.8 Å². The van der Waals surface area contributed by atoms with Gasteiger partial charge in [-0.25, -0.2) is 0 Å². The molecular weight excluding hydrogens is 244 g/mol. The molecule has 114 valence electrons. The molecule has 0 unspecified atom stereocenters. The van der Waals surface area contributed by atoms with Gasteiger partial charge in [-0.05, 0) is 36.0 Å². The number of hydrogen-bond acceptors (Lipinski definition) is 1. The molecule has 1 aromatic carbocycles. The first kappa shape index (κ1) is 17.1. The molecule has 0 aliphatic rings. The SMILES string of the molecule is CCCCCCCCOc1ccc(CC(C)(C)C)cc1. The van der Waals surface area contributed by atoms with Gasteiger partial charge in [0.25, 0.3) is 0 Å². The van der Waals surface area contributed by atoms with Gasteiger partial charge < -0.3 is 4.74 Å². The van der Waals surface area contributed by atoms with Gasteiger partial charge in [0.2, 0.25) is 0 Å². The Balaban J connectivity index is 2.18. The summed E-state index contributed by atoms with van der Waals surface area (Å²) >= 11 is 0. The maximum Gasteiger partial charge on any atom is 0.119 e. The summed E-state index contributed by atoms with van der Waals surface area (Å²) in [5.41, 5.74) is 1.74. The third-order valence-corrected chi connectivity index (χ3v) is 3.42. The molecule has 0 bridgehead atoms. The summed E-state index contributed by atoms with van der Waals surface area (Å²) in [5.74, 6) is 1.01. The molecule has 0 aromatic heterocycles. The zero-order valence-corrected chi connectivity index (χ0v) is 13.9. The highest BCUT2D eigenvalue weighted by Gasteiger charge is 2.10. The predicted octanol–water partition coefficient (Wildman–Crippen LogP) is 6.01. The fourth-order valence-electron chi connectivity index (χ4n) is 2.39. The van der Waals surface area contributed by atoms with Crippen LogP contribution in [0.3, 0.4) is 0 Å². The first-order chi connectivity index (χ1) is 9.51. The van der Waals surface area contributed by atoms with Crippen LogP contribution in [0, 0.1) is 5.41 Å². The van der Waals surface area contributed by atoms with Gasteiger partial charge in [0.15, 0.2) is 0 Å². The van der Waals surface area contributed by atoms with E-state index in [4.69, 9.17) is 4.74 Å².